The molecule has 1 aliphatic rings. The molecule has 2 aromatic rings. The Bertz CT molecular complexity index is 624. The zero-order valence-electron chi connectivity index (χ0n) is 12.7. The lowest BCUT2D eigenvalue weighted by molar-refractivity contribution is 0.0445. The number of piperazine rings is 1. The Hall–Kier alpha value is -2.35. The van der Waals surface area contributed by atoms with E-state index in [1.165, 1.54) is 13.2 Å². The van der Waals surface area contributed by atoms with Gasteiger partial charge in [0.05, 0.1) is 19.2 Å². The fraction of sp³-hybridized carbons (Fsp3) is 0.500. The fourth-order valence-electron chi connectivity index (χ4n) is 2.71. The standard InChI is InChI=1S/C14H19N5O3/c1-3-18-6-7-19(9-10(18)13-15-4-5-16-13)14(20)11-8-12(21-2)17-22-11/h4-5,8,10H,3,6-7,9H2,1-2H3,(H,15,16)/t10-/m1/s1. The van der Waals surface area contributed by atoms with Gasteiger partial charge in [0.2, 0.25) is 5.76 Å². The van der Waals surface area contributed by atoms with Crippen molar-refractivity contribution in [3.63, 3.8) is 0 Å². The molecule has 1 aliphatic heterocycles. The third kappa shape index (κ3) is 2.69. The van der Waals surface area contributed by atoms with Crippen LogP contribution in [0.1, 0.15) is 29.3 Å². The first-order valence-corrected chi connectivity index (χ1v) is 7.26. The molecule has 118 valence electrons. The number of aromatic nitrogens is 3. The minimum atomic E-state index is -0.178. The number of methoxy groups -OCH3 is 1. The molecule has 0 unspecified atom stereocenters. The summed E-state index contributed by atoms with van der Waals surface area (Å²) in [5.74, 6) is 1.19. The molecule has 0 radical (unpaired) electrons. The summed E-state index contributed by atoms with van der Waals surface area (Å²) in [5.41, 5.74) is 0. The summed E-state index contributed by atoms with van der Waals surface area (Å²) in [6.07, 6.45) is 3.52. The molecule has 1 saturated heterocycles. The maximum absolute atomic E-state index is 12.5. The average Bonchev–Trinajstić information content (AvgIpc) is 3.24. The van der Waals surface area contributed by atoms with E-state index in [-0.39, 0.29) is 17.7 Å². The van der Waals surface area contributed by atoms with Crippen LogP contribution in [0, 0.1) is 0 Å². The van der Waals surface area contributed by atoms with Crippen LogP contribution in [-0.2, 0) is 0 Å². The van der Waals surface area contributed by atoms with Crippen LogP contribution in [0.3, 0.4) is 0 Å². The molecule has 0 spiro atoms. The van der Waals surface area contributed by atoms with Crippen LogP contribution in [0.15, 0.2) is 23.0 Å². The van der Waals surface area contributed by atoms with E-state index in [0.717, 1.165) is 18.9 Å². The van der Waals surface area contributed by atoms with E-state index >= 15 is 0 Å². The van der Waals surface area contributed by atoms with Crippen LogP contribution in [0.4, 0.5) is 0 Å². The average molecular weight is 305 g/mol. The van der Waals surface area contributed by atoms with Gasteiger partial charge in [0, 0.05) is 32.0 Å². The van der Waals surface area contributed by atoms with E-state index in [9.17, 15) is 4.79 Å². The second-order valence-electron chi connectivity index (χ2n) is 5.10. The van der Waals surface area contributed by atoms with Crippen LogP contribution < -0.4 is 4.74 Å². The largest absolute Gasteiger partial charge is 0.479 e. The molecule has 1 N–H and O–H groups in total. The fourth-order valence-corrected chi connectivity index (χ4v) is 2.71. The van der Waals surface area contributed by atoms with Gasteiger partial charge in [0.15, 0.2) is 0 Å². The molecule has 2 aromatic heterocycles. The SMILES string of the molecule is CCN1CCN(C(=O)c2cc(OC)no2)C[C@@H]1c1ncc[nH]1. The molecule has 0 aliphatic carbocycles. The minimum Gasteiger partial charge on any atom is -0.479 e. The highest BCUT2D eigenvalue weighted by molar-refractivity contribution is 5.91. The van der Waals surface area contributed by atoms with Gasteiger partial charge in [0.1, 0.15) is 5.82 Å². The Labute approximate surface area is 128 Å². The number of carbonyl (C=O) groups is 1. The first-order valence-electron chi connectivity index (χ1n) is 7.26. The van der Waals surface area contributed by atoms with Crippen molar-refractivity contribution < 1.29 is 14.1 Å². The molecule has 0 bridgehead atoms. The number of hydrogen-bond donors (Lipinski definition) is 1. The summed E-state index contributed by atoms with van der Waals surface area (Å²) >= 11 is 0. The number of aromatic amines is 1. The zero-order valence-corrected chi connectivity index (χ0v) is 12.7. The Kier molecular flexibility index (Phi) is 4.10. The number of nitrogens with one attached hydrogen (secondary N) is 1. The lowest BCUT2D eigenvalue weighted by atomic mass is 10.1. The maximum atomic E-state index is 12.5. The summed E-state index contributed by atoms with van der Waals surface area (Å²) in [4.78, 5) is 24.1. The molecule has 0 aromatic carbocycles. The predicted molar refractivity (Wildman–Crippen MR) is 77.5 cm³/mol. The van der Waals surface area contributed by atoms with Crippen molar-refractivity contribution in [1.29, 1.82) is 0 Å². The van der Waals surface area contributed by atoms with Crippen molar-refractivity contribution in [2.45, 2.75) is 13.0 Å². The molecule has 3 heterocycles. The van der Waals surface area contributed by atoms with E-state index in [2.05, 4.69) is 26.9 Å². The number of ether oxygens (including phenoxy) is 1. The van der Waals surface area contributed by atoms with Crippen LogP contribution in [0.2, 0.25) is 0 Å². The number of H-pyrrole nitrogens is 1. The quantitative estimate of drug-likeness (QED) is 0.904. The number of amides is 1. The van der Waals surface area contributed by atoms with Crippen LogP contribution in [0.5, 0.6) is 5.88 Å². The Morgan fingerprint density at radius 2 is 2.41 bits per heavy atom. The van der Waals surface area contributed by atoms with E-state index in [1.807, 2.05) is 0 Å². The third-order valence-corrected chi connectivity index (χ3v) is 3.93. The highest BCUT2D eigenvalue weighted by atomic mass is 16.5. The molecule has 1 amide bonds. The van der Waals surface area contributed by atoms with Crippen molar-refractivity contribution in [3.8, 4) is 5.88 Å². The lowest BCUT2D eigenvalue weighted by Gasteiger charge is -2.39. The summed E-state index contributed by atoms with van der Waals surface area (Å²) in [7, 11) is 1.49. The Morgan fingerprint density at radius 1 is 1.55 bits per heavy atom. The molecule has 3 rings (SSSR count). The highest BCUT2D eigenvalue weighted by Gasteiger charge is 2.32. The first-order chi connectivity index (χ1) is 10.7. The van der Waals surface area contributed by atoms with Crippen LogP contribution in [0.25, 0.3) is 0 Å². The molecule has 8 heteroatoms. The van der Waals surface area contributed by atoms with Crippen molar-refractivity contribution >= 4 is 5.91 Å². The van der Waals surface area contributed by atoms with Crippen molar-refractivity contribution in [2.75, 3.05) is 33.3 Å². The summed E-state index contributed by atoms with van der Waals surface area (Å²) in [5, 5.41) is 3.68. The molecule has 0 saturated carbocycles. The molecular formula is C14H19N5O3. The summed E-state index contributed by atoms with van der Waals surface area (Å²) in [6.45, 7) is 5.01. The highest BCUT2D eigenvalue weighted by Crippen LogP contribution is 2.24. The zero-order chi connectivity index (χ0) is 15.5. The van der Waals surface area contributed by atoms with Crippen molar-refractivity contribution in [2.24, 2.45) is 0 Å². The predicted octanol–water partition coefficient (Wildman–Crippen LogP) is 0.925. The van der Waals surface area contributed by atoms with Crippen molar-refractivity contribution in [3.05, 3.63) is 30.0 Å². The first kappa shape index (κ1) is 14.6. The van der Waals surface area contributed by atoms with E-state index < -0.39 is 0 Å². The minimum absolute atomic E-state index is 0.0579. The third-order valence-electron chi connectivity index (χ3n) is 3.93. The normalized spacial score (nSPS) is 19.4. The smallest absolute Gasteiger partial charge is 0.292 e. The van der Waals surface area contributed by atoms with Gasteiger partial charge in [-0.25, -0.2) is 4.98 Å². The monoisotopic (exact) mass is 305 g/mol. The van der Waals surface area contributed by atoms with Gasteiger partial charge in [-0.05, 0) is 11.7 Å². The Morgan fingerprint density at radius 3 is 3.05 bits per heavy atom. The number of carbonyl (C=O) groups excluding carboxylic acids is 1. The van der Waals surface area contributed by atoms with Crippen LogP contribution in [-0.4, -0.2) is 64.1 Å². The van der Waals surface area contributed by atoms with Gasteiger partial charge in [-0.3, -0.25) is 9.69 Å². The molecule has 22 heavy (non-hydrogen) atoms. The van der Waals surface area contributed by atoms with Crippen molar-refractivity contribution in [1.82, 2.24) is 24.9 Å². The maximum Gasteiger partial charge on any atom is 0.292 e. The van der Waals surface area contributed by atoms with Crippen LogP contribution >= 0.6 is 0 Å². The van der Waals surface area contributed by atoms with Gasteiger partial charge >= 0.3 is 0 Å². The van der Waals surface area contributed by atoms with E-state index in [4.69, 9.17) is 9.26 Å². The number of rotatable bonds is 4. The number of likely N-dealkylation sites (N-methyl/N-ethyl adjacent to an activating group) is 1. The van der Waals surface area contributed by atoms with E-state index in [0.29, 0.717) is 19.0 Å². The number of imidazole rings is 1. The second kappa shape index (κ2) is 6.18. The van der Waals surface area contributed by atoms with Gasteiger partial charge in [-0.2, -0.15) is 0 Å². The number of nitrogens with zero attached hydrogens (tertiary/aromatic N) is 4. The number of hydrogen-bond acceptors (Lipinski definition) is 6. The van der Waals surface area contributed by atoms with E-state index in [1.54, 1.807) is 17.3 Å². The molecule has 1 fully saturated rings. The molecule has 1 atom stereocenters. The lowest BCUT2D eigenvalue weighted by Crippen LogP contribution is -2.50. The molecular weight excluding hydrogens is 286 g/mol. The molecule has 8 nitrogen and oxygen atoms in total. The van der Waals surface area contributed by atoms with Gasteiger partial charge in [-0.1, -0.05) is 6.92 Å². The summed E-state index contributed by atoms with van der Waals surface area (Å²) < 4.78 is 9.99. The summed E-state index contributed by atoms with van der Waals surface area (Å²) in [6, 6.07) is 1.57. The van der Waals surface area contributed by atoms with Gasteiger partial charge < -0.3 is 19.1 Å². The van der Waals surface area contributed by atoms with Gasteiger partial charge in [0.25, 0.3) is 11.8 Å². The van der Waals surface area contributed by atoms with Gasteiger partial charge in [-0.15, -0.1) is 0 Å². The Balaban J connectivity index is 1.76. The second-order valence-corrected chi connectivity index (χ2v) is 5.10. The topological polar surface area (TPSA) is 87.5 Å².